The number of nitrogens with one attached hydrogen (secondary N) is 3. The summed E-state index contributed by atoms with van der Waals surface area (Å²) < 4.78 is 0. The van der Waals surface area contributed by atoms with Crippen LogP contribution in [0.3, 0.4) is 0 Å². The molecule has 4 aromatic rings. The maximum Gasteiger partial charge on any atom is 0.269 e. The summed E-state index contributed by atoms with van der Waals surface area (Å²) in [6, 6.07) is 25.2. The second-order valence-corrected chi connectivity index (χ2v) is 7.71. The standard InChI is InChI=1S/C26H22N4O2/c31-23(15-14-18-16-27-21-12-6-4-10-19(18)21)29-25-26(32)28-22-13-7-5-11-20(22)24(30-25)17-8-2-1-3-9-17/h1-13,16,25,27H,14-15H2,(H,28,32)(H,29,31)/t25-/m1/s1. The van der Waals surface area contributed by atoms with E-state index in [9.17, 15) is 9.59 Å². The molecule has 1 aliphatic heterocycles. The van der Waals surface area contributed by atoms with E-state index in [4.69, 9.17) is 0 Å². The molecule has 3 N–H and O–H groups in total. The van der Waals surface area contributed by atoms with Crippen molar-refractivity contribution in [2.75, 3.05) is 5.32 Å². The van der Waals surface area contributed by atoms with Crippen LogP contribution in [0.2, 0.25) is 0 Å². The Balaban J connectivity index is 1.37. The van der Waals surface area contributed by atoms with Crippen LogP contribution in [0.1, 0.15) is 23.1 Å². The number of amides is 2. The molecular weight excluding hydrogens is 400 g/mol. The van der Waals surface area contributed by atoms with E-state index in [1.807, 2.05) is 85.1 Å². The number of benzodiazepines with no additional fused rings is 1. The van der Waals surface area contributed by atoms with E-state index in [0.29, 0.717) is 17.8 Å². The number of benzene rings is 3. The van der Waals surface area contributed by atoms with Crippen LogP contribution in [0.4, 0.5) is 5.69 Å². The van der Waals surface area contributed by atoms with Crippen LogP contribution < -0.4 is 10.6 Å². The van der Waals surface area contributed by atoms with Gasteiger partial charge in [-0.1, -0.05) is 66.7 Å². The molecule has 0 saturated carbocycles. The van der Waals surface area contributed by atoms with E-state index < -0.39 is 6.17 Å². The van der Waals surface area contributed by atoms with Gasteiger partial charge in [0.2, 0.25) is 12.1 Å². The topological polar surface area (TPSA) is 86.3 Å². The Kier molecular flexibility index (Phi) is 5.25. The van der Waals surface area contributed by atoms with Gasteiger partial charge in [-0.05, 0) is 24.1 Å². The zero-order chi connectivity index (χ0) is 21.9. The minimum atomic E-state index is -1.01. The van der Waals surface area contributed by atoms with Gasteiger partial charge in [0.25, 0.3) is 5.91 Å². The third-order valence-corrected chi connectivity index (χ3v) is 5.59. The van der Waals surface area contributed by atoms with Crippen LogP contribution in [0.25, 0.3) is 10.9 Å². The van der Waals surface area contributed by atoms with Crippen LogP contribution in [-0.4, -0.2) is 28.7 Å². The number of H-pyrrole nitrogens is 1. The minimum Gasteiger partial charge on any atom is -0.361 e. The summed E-state index contributed by atoms with van der Waals surface area (Å²) in [5.74, 6) is -0.582. The van der Waals surface area contributed by atoms with E-state index in [0.717, 1.165) is 27.6 Å². The minimum absolute atomic E-state index is 0.224. The maximum atomic E-state index is 12.9. The second-order valence-electron chi connectivity index (χ2n) is 7.71. The highest BCUT2D eigenvalue weighted by Crippen LogP contribution is 2.24. The van der Waals surface area contributed by atoms with Gasteiger partial charge in [0.15, 0.2) is 0 Å². The van der Waals surface area contributed by atoms with Crippen molar-refractivity contribution in [2.45, 2.75) is 19.0 Å². The molecule has 6 heteroatoms. The number of aryl methyl sites for hydroxylation is 1. The number of carbonyl (C=O) groups excluding carboxylic acids is 2. The quantitative estimate of drug-likeness (QED) is 0.454. The van der Waals surface area contributed by atoms with Crippen molar-refractivity contribution in [3.8, 4) is 0 Å². The molecule has 1 aliphatic rings. The summed E-state index contributed by atoms with van der Waals surface area (Å²) in [5, 5.41) is 6.81. The predicted molar refractivity (Wildman–Crippen MR) is 126 cm³/mol. The van der Waals surface area contributed by atoms with Crippen LogP contribution in [-0.2, 0) is 16.0 Å². The molecule has 158 valence electrons. The molecule has 0 fully saturated rings. The Morgan fingerprint density at radius 3 is 2.56 bits per heavy atom. The smallest absolute Gasteiger partial charge is 0.269 e. The van der Waals surface area contributed by atoms with Crippen LogP contribution in [0.5, 0.6) is 0 Å². The van der Waals surface area contributed by atoms with Crippen molar-refractivity contribution in [2.24, 2.45) is 4.99 Å². The Morgan fingerprint density at radius 2 is 1.69 bits per heavy atom. The first kappa shape index (κ1) is 19.8. The molecule has 1 atom stereocenters. The first-order chi connectivity index (χ1) is 15.7. The van der Waals surface area contributed by atoms with Gasteiger partial charge in [-0.2, -0.15) is 0 Å². The lowest BCUT2D eigenvalue weighted by Gasteiger charge is -2.13. The van der Waals surface area contributed by atoms with Gasteiger partial charge in [0.05, 0.1) is 11.4 Å². The normalized spacial score (nSPS) is 15.4. The maximum absolute atomic E-state index is 12.9. The monoisotopic (exact) mass is 422 g/mol. The molecule has 0 unspecified atom stereocenters. The van der Waals surface area contributed by atoms with Gasteiger partial charge in [0.1, 0.15) is 0 Å². The molecule has 5 rings (SSSR count). The highest BCUT2D eigenvalue weighted by atomic mass is 16.2. The summed E-state index contributed by atoms with van der Waals surface area (Å²) >= 11 is 0. The van der Waals surface area contributed by atoms with Gasteiger partial charge >= 0.3 is 0 Å². The molecule has 0 saturated heterocycles. The second kappa shape index (κ2) is 8.51. The van der Waals surface area contributed by atoms with Gasteiger partial charge in [0, 0.05) is 34.6 Å². The predicted octanol–water partition coefficient (Wildman–Crippen LogP) is 4.03. The van der Waals surface area contributed by atoms with Gasteiger partial charge in [-0.3, -0.25) is 9.59 Å². The summed E-state index contributed by atoms with van der Waals surface area (Å²) in [5.41, 5.74) is 5.16. The fourth-order valence-corrected chi connectivity index (χ4v) is 3.99. The highest BCUT2D eigenvalue weighted by Gasteiger charge is 2.26. The Labute approximate surface area is 185 Å². The number of rotatable bonds is 5. The van der Waals surface area contributed by atoms with E-state index >= 15 is 0 Å². The number of hydrogen-bond donors (Lipinski definition) is 3. The van der Waals surface area contributed by atoms with Crippen molar-refractivity contribution in [3.63, 3.8) is 0 Å². The number of para-hydroxylation sites is 2. The summed E-state index contributed by atoms with van der Waals surface area (Å²) in [7, 11) is 0. The van der Waals surface area contributed by atoms with Gasteiger partial charge < -0.3 is 15.6 Å². The Bertz CT molecular complexity index is 1320. The lowest BCUT2D eigenvalue weighted by molar-refractivity contribution is -0.126. The Morgan fingerprint density at radius 1 is 0.938 bits per heavy atom. The van der Waals surface area contributed by atoms with E-state index in [1.54, 1.807) is 0 Å². The van der Waals surface area contributed by atoms with E-state index in [-0.39, 0.29) is 18.2 Å². The largest absolute Gasteiger partial charge is 0.361 e. The average molecular weight is 422 g/mol. The summed E-state index contributed by atoms with van der Waals surface area (Å²) in [4.78, 5) is 33.5. The zero-order valence-corrected chi connectivity index (χ0v) is 17.3. The van der Waals surface area contributed by atoms with Gasteiger partial charge in [-0.25, -0.2) is 4.99 Å². The molecule has 1 aromatic heterocycles. The number of hydrogen-bond acceptors (Lipinski definition) is 3. The molecule has 6 nitrogen and oxygen atoms in total. The first-order valence-corrected chi connectivity index (χ1v) is 10.6. The number of carbonyl (C=O) groups is 2. The number of aliphatic imine (C=N–C) groups is 1. The molecule has 3 aromatic carbocycles. The van der Waals surface area contributed by atoms with Crippen molar-refractivity contribution in [1.82, 2.24) is 10.3 Å². The molecular formula is C26H22N4O2. The van der Waals surface area contributed by atoms with Crippen LogP contribution in [0.15, 0.2) is 90.1 Å². The van der Waals surface area contributed by atoms with Crippen molar-refractivity contribution in [3.05, 3.63) is 102 Å². The SMILES string of the molecule is O=C(CCc1c[nH]c2ccccc12)N[C@@H]1N=C(c2ccccc2)c2ccccc2NC1=O. The Hall–Kier alpha value is -4.19. The van der Waals surface area contributed by atoms with Crippen LogP contribution >= 0.6 is 0 Å². The fourth-order valence-electron chi connectivity index (χ4n) is 3.99. The lowest BCUT2D eigenvalue weighted by atomic mass is 10.0. The fraction of sp³-hybridized carbons (Fsp3) is 0.115. The van der Waals surface area contributed by atoms with E-state index in [2.05, 4.69) is 20.6 Å². The molecule has 2 heterocycles. The third kappa shape index (κ3) is 3.90. The summed E-state index contributed by atoms with van der Waals surface area (Å²) in [6.07, 6.45) is 1.75. The summed E-state index contributed by atoms with van der Waals surface area (Å²) in [6.45, 7) is 0. The van der Waals surface area contributed by atoms with Crippen LogP contribution in [0, 0.1) is 0 Å². The highest BCUT2D eigenvalue weighted by molar-refractivity contribution is 6.19. The number of anilines is 1. The molecule has 0 bridgehead atoms. The average Bonchev–Trinajstić information content (AvgIpc) is 3.18. The number of aromatic amines is 1. The zero-order valence-electron chi connectivity index (χ0n) is 17.3. The number of fused-ring (bicyclic) bond motifs is 2. The third-order valence-electron chi connectivity index (χ3n) is 5.59. The van der Waals surface area contributed by atoms with Gasteiger partial charge in [-0.15, -0.1) is 0 Å². The molecule has 0 spiro atoms. The first-order valence-electron chi connectivity index (χ1n) is 10.6. The van der Waals surface area contributed by atoms with Crippen molar-refractivity contribution >= 4 is 34.1 Å². The van der Waals surface area contributed by atoms with Crippen molar-refractivity contribution in [1.29, 1.82) is 0 Å². The van der Waals surface area contributed by atoms with Crippen molar-refractivity contribution < 1.29 is 9.59 Å². The number of aromatic nitrogens is 1. The lowest BCUT2D eigenvalue weighted by Crippen LogP contribution is -2.42. The molecule has 0 radical (unpaired) electrons. The number of nitrogens with zero attached hydrogens (tertiary/aromatic N) is 1. The molecule has 2 amide bonds. The van der Waals surface area contributed by atoms with E-state index in [1.165, 1.54) is 0 Å². The molecule has 32 heavy (non-hydrogen) atoms. The molecule has 0 aliphatic carbocycles.